The molecule has 19 heavy (non-hydrogen) atoms. The molecule has 0 aliphatic rings. The second kappa shape index (κ2) is 6.31. The van der Waals surface area contributed by atoms with Gasteiger partial charge in [-0.15, -0.1) is 0 Å². The van der Waals surface area contributed by atoms with Crippen LogP contribution in [0.15, 0.2) is 36.4 Å². The Bertz CT molecular complexity index is 665. The van der Waals surface area contributed by atoms with E-state index in [0.29, 0.717) is 5.75 Å². The molecule has 0 saturated heterocycles. The molecule has 0 heterocycles. The van der Waals surface area contributed by atoms with E-state index in [2.05, 4.69) is 11.8 Å². The molecule has 96 valence electrons. The average Bonchev–Trinajstić information content (AvgIpc) is 2.42. The van der Waals surface area contributed by atoms with Crippen LogP contribution in [0.5, 0.6) is 5.75 Å². The zero-order chi connectivity index (χ0) is 13.7. The third-order valence-corrected chi connectivity index (χ3v) is 3.32. The van der Waals surface area contributed by atoms with Gasteiger partial charge in [-0.05, 0) is 35.0 Å². The van der Waals surface area contributed by atoms with Crippen molar-refractivity contribution in [2.75, 3.05) is 12.9 Å². The molecule has 0 aliphatic carbocycles. The van der Waals surface area contributed by atoms with Gasteiger partial charge in [-0.3, -0.25) is 4.79 Å². The highest BCUT2D eigenvalue weighted by Crippen LogP contribution is 2.21. The van der Waals surface area contributed by atoms with Gasteiger partial charge in [0, 0.05) is 12.5 Å². The van der Waals surface area contributed by atoms with Gasteiger partial charge in [-0.1, -0.05) is 35.7 Å². The molecule has 3 heteroatoms. The lowest BCUT2D eigenvalue weighted by molar-refractivity contribution is -0.109. The highest BCUT2D eigenvalue weighted by atomic mass is 32.2. The van der Waals surface area contributed by atoms with E-state index in [4.69, 9.17) is 4.74 Å². The molecule has 0 aromatic heterocycles. The standard InChI is InChI=1S/C16H14O2S/c1-12(17)19-9-3-4-13-5-6-15-11-16(18-2)8-7-14(15)10-13/h5-8,10-11H,9H2,1-2H3. The molecular weight excluding hydrogens is 256 g/mol. The highest BCUT2D eigenvalue weighted by Gasteiger charge is 1.97. The van der Waals surface area contributed by atoms with E-state index >= 15 is 0 Å². The molecule has 0 spiro atoms. The number of thioether (sulfide) groups is 1. The van der Waals surface area contributed by atoms with Crippen LogP contribution in [0.1, 0.15) is 12.5 Å². The fourth-order valence-electron chi connectivity index (χ4n) is 1.70. The summed E-state index contributed by atoms with van der Waals surface area (Å²) in [5, 5.41) is 2.36. The Labute approximate surface area is 117 Å². The highest BCUT2D eigenvalue weighted by molar-refractivity contribution is 8.13. The first-order valence-corrected chi connectivity index (χ1v) is 6.87. The topological polar surface area (TPSA) is 26.3 Å². The summed E-state index contributed by atoms with van der Waals surface area (Å²) in [4.78, 5) is 10.8. The minimum Gasteiger partial charge on any atom is -0.497 e. The van der Waals surface area contributed by atoms with Crippen molar-refractivity contribution in [3.8, 4) is 17.6 Å². The van der Waals surface area contributed by atoms with Gasteiger partial charge in [0.15, 0.2) is 5.12 Å². The molecule has 2 aromatic rings. The molecule has 0 unspecified atom stereocenters. The molecule has 0 bridgehead atoms. The fourth-order valence-corrected chi connectivity index (χ4v) is 2.05. The van der Waals surface area contributed by atoms with E-state index < -0.39 is 0 Å². The summed E-state index contributed by atoms with van der Waals surface area (Å²) in [6, 6.07) is 12.0. The molecule has 0 atom stereocenters. The maximum absolute atomic E-state index is 10.8. The van der Waals surface area contributed by atoms with E-state index in [1.54, 1.807) is 14.0 Å². The molecule has 2 rings (SSSR count). The minimum atomic E-state index is 0.0971. The van der Waals surface area contributed by atoms with Gasteiger partial charge >= 0.3 is 0 Å². The SMILES string of the molecule is COc1ccc2cc(C#CCSC(C)=O)ccc2c1. The Balaban J connectivity index is 2.19. The zero-order valence-electron chi connectivity index (χ0n) is 10.9. The van der Waals surface area contributed by atoms with Crippen LogP contribution in [0.2, 0.25) is 0 Å². The number of ether oxygens (including phenoxy) is 1. The summed E-state index contributed by atoms with van der Waals surface area (Å²) >= 11 is 1.23. The number of hydrogen-bond acceptors (Lipinski definition) is 3. The molecular formula is C16H14O2S. The maximum atomic E-state index is 10.8. The van der Waals surface area contributed by atoms with Gasteiger partial charge in [-0.25, -0.2) is 0 Å². The lowest BCUT2D eigenvalue weighted by atomic mass is 10.1. The summed E-state index contributed by atoms with van der Waals surface area (Å²) in [6.07, 6.45) is 0. The Hall–Kier alpha value is -1.92. The quantitative estimate of drug-likeness (QED) is 0.782. The minimum absolute atomic E-state index is 0.0971. The Morgan fingerprint density at radius 2 is 1.95 bits per heavy atom. The largest absolute Gasteiger partial charge is 0.497 e. The number of fused-ring (bicyclic) bond motifs is 1. The van der Waals surface area contributed by atoms with Gasteiger partial charge in [0.1, 0.15) is 5.75 Å². The van der Waals surface area contributed by atoms with E-state index in [9.17, 15) is 4.79 Å². The number of rotatable bonds is 2. The molecule has 0 N–H and O–H groups in total. The van der Waals surface area contributed by atoms with Gasteiger partial charge in [0.25, 0.3) is 0 Å². The van der Waals surface area contributed by atoms with E-state index in [0.717, 1.165) is 22.1 Å². The van der Waals surface area contributed by atoms with Crippen molar-refractivity contribution in [2.45, 2.75) is 6.92 Å². The van der Waals surface area contributed by atoms with Gasteiger partial charge in [0.05, 0.1) is 12.9 Å². The van der Waals surface area contributed by atoms with Crippen molar-refractivity contribution in [3.05, 3.63) is 42.0 Å². The molecule has 0 fully saturated rings. The lowest BCUT2D eigenvalue weighted by Gasteiger charge is -2.02. The number of hydrogen-bond donors (Lipinski definition) is 0. The first kappa shape index (κ1) is 13.5. The molecule has 0 radical (unpaired) electrons. The molecule has 0 aliphatic heterocycles. The Kier molecular flexibility index (Phi) is 4.48. The molecule has 0 saturated carbocycles. The third-order valence-electron chi connectivity index (χ3n) is 2.63. The predicted octanol–water partition coefficient (Wildman–Crippen LogP) is 3.48. The number of methoxy groups -OCH3 is 1. The maximum Gasteiger partial charge on any atom is 0.186 e. The fraction of sp³-hybridized carbons (Fsp3) is 0.188. The molecule has 2 nitrogen and oxygen atoms in total. The van der Waals surface area contributed by atoms with Gasteiger partial charge < -0.3 is 4.74 Å². The van der Waals surface area contributed by atoms with Crippen LogP contribution in [-0.2, 0) is 4.79 Å². The number of benzene rings is 2. The van der Waals surface area contributed by atoms with E-state index in [-0.39, 0.29) is 5.12 Å². The van der Waals surface area contributed by atoms with Crippen LogP contribution >= 0.6 is 11.8 Å². The summed E-state index contributed by atoms with van der Waals surface area (Å²) in [6.45, 7) is 1.55. The normalized spacial score (nSPS) is 9.79. The number of carbonyl (C=O) groups is 1. The summed E-state index contributed by atoms with van der Waals surface area (Å²) in [5.74, 6) is 7.44. The van der Waals surface area contributed by atoms with Crippen molar-refractivity contribution in [3.63, 3.8) is 0 Å². The smallest absolute Gasteiger partial charge is 0.186 e. The Morgan fingerprint density at radius 3 is 2.68 bits per heavy atom. The third kappa shape index (κ3) is 3.77. The van der Waals surface area contributed by atoms with Gasteiger partial charge in [-0.2, -0.15) is 0 Å². The van der Waals surface area contributed by atoms with Crippen LogP contribution in [-0.4, -0.2) is 18.0 Å². The second-order valence-corrected chi connectivity index (χ2v) is 5.16. The summed E-state index contributed by atoms with van der Waals surface area (Å²) in [5.41, 5.74) is 0.960. The van der Waals surface area contributed by atoms with Crippen LogP contribution in [0.4, 0.5) is 0 Å². The van der Waals surface area contributed by atoms with Crippen LogP contribution in [0.25, 0.3) is 10.8 Å². The van der Waals surface area contributed by atoms with Crippen molar-refractivity contribution in [1.82, 2.24) is 0 Å². The van der Waals surface area contributed by atoms with Crippen molar-refractivity contribution >= 4 is 27.6 Å². The number of carbonyl (C=O) groups excluding carboxylic acids is 1. The summed E-state index contributed by atoms with van der Waals surface area (Å²) < 4.78 is 5.19. The van der Waals surface area contributed by atoms with Crippen molar-refractivity contribution in [1.29, 1.82) is 0 Å². The van der Waals surface area contributed by atoms with Crippen LogP contribution < -0.4 is 4.74 Å². The van der Waals surface area contributed by atoms with Crippen LogP contribution in [0, 0.1) is 11.8 Å². The van der Waals surface area contributed by atoms with Gasteiger partial charge in [0.2, 0.25) is 0 Å². The first-order chi connectivity index (χ1) is 9.19. The van der Waals surface area contributed by atoms with Crippen LogP contribution in [0.3, 0.4) is 0 Å². The predicted molar refractivity (Wildman–Crippen MR) is 80.5 cm³/mol. The second-order valence-electron chi connectivity index (χ2n) is 4.01. The first-order valence-electron chi connectivity index (χ1n) is 5.89. The Morgan fingerprint density at radius 1 is 1.21 bits per heavy atom. The lowest BCUT2D eigenvalue weighted by Crippen LogP contribution is -1.84. The average molecular weight is 270 g/mol. The molecule has 0 amide bonds. The van der Waals surface area contributed by atoms with E-state index in [1.165, 1.54) is 11.8 Å². The van der Waals surface area contributed by atoms with Crippen molar-refractivity contribution < 1.29 is 9.53 Å². The monoisotopic (exact) mass is 270 g/mol. The molecule has 2 aromatic carbocycles. The zero-order valence-corrected chi connectivity index (χ0v) is 11.7. The van der Waals surface area contributed by atoms with Crippen molar-refractivity contribution in [2.24, 2.45) is 0 Å². The summed E-state index contributed by atoms with van der Waals surface area (Å²) in [7, 11) is 1.66. The van der Waals surface area contributed by atoms with E-state index in [1.807, 2.05) is 36.4 Å².